The zero-order valence-corrected chi connectivity index (χ0v) is 15.9. The van der Waals surface area contributed by atoms with Crippen LogP contribution in [0.15, 0.2) is 42.5 Å². The molecule has 0 radical (unpaired) electrons. The van der Waals surface area contributed by atoms with Gasteiger partial charge in [0.1, 0.15) is 29.1 Å². The van der Waals surface area contributed by atoms with E-state index in [1.807, 2.05) is 42.5 Å². The first-order valence-electron chi connectivity index (χ1n) is 9.57. The molecular formula is C21H26N4O2. The van der Waals surface area contributed by atoms with E-state index in [9.17, 15) is 5.11 Å². The Morgan fingerprint density at radius 3 is 2.56 bits per heavy atom. The van der Waals surface area contributed by atoms with E-state index >= 15 is 0 Å². The highest BCUT2D eigenvalue weighted by molar-refractivity contribution is 5.73. The highest BCUT2D eigenvalue weighted by Crippen LogP contribution is 2.27. The summed E-state index contributed by atoms with van der Waals surface area (Å²) in [5.74, 6) is 1.44. The number of aliphatic hydroxyl groups excluding tert-OH is 1. The second kappa shape index (κ2) is 7.66. The maximum absolute atomic E-state index is 9.28. The van der Waals surface area contributed by atoms with Gasteiger partial charge in [-0.15, -0.1) is 15.0 Å². The molecule has 1 aliphatic rings. The molecule has 0 bridgehead atoms. The normalized spacial score (nSPS) is 19.0. The summed E-state index contributed by atoms with van der Waals surface area (Å²) in [7, 11) is 0. The second-order valence-electron chi connectivity index (χ2n) is 7.57. The topological polar surface area (TPSA) is 63.2 Å². The number of fused-ring (bicyclic) bond motifs is 1. The van der Waals surface area contributed by atoms with E-state index in [4.69, 9.17) is 4.74 Å². The van der Waals surface area contributed by atoms with Crippen LogP contribution in [0.5, 0.6) is 5.75 Å². The molecule has 1 saturated heterocycles. The smallest absolute Gasteiger partial charge is 0.146 e. The molecule has 142 valence electrons. The number of ether oxygens (including phenoxy) is 1. The standard InChI is InChI=1S/C21H26N4O2/c1-15(2)12-24-13-17(24)14-27-21-8-7-16(9-10-26)11-20(21)25-22-18-5-3-4-6-19(18)23-25/h3-8,11,15,17,26H,9-10,12-14H2,1-2H3. The molecule has 6 heteroatoms. The fourth-order valence-corrected chi connectivity index (χ4v) is 3.35. The minimum Gasteiger partial charge on any atom is -0.490 e. The van der Waals surface area contributed by atoms with Crippen molar-refractivity contribution in [1.82, 2.24) is 19.9 Å². The van der Waals surface area contributed by atoms with Gasteiger partial charge in [-0.2, -0.15) is 0 Å². The van der Waals surface area contributed by atoms with Crippen LogP contribution in [-0.4, -0.2) is 57.3 Å². The molecule has 1 aliphatic heterocycles. The third-order valence-corrected chi connectivity index (χ3v) is 4.78. The fourth-order valence-electron chi connectivity index (χ4n) is 3.35. The average molecular weight is 366 g/mol. The molecule has 1 N–H and O–H groups in total. The number of hydrogen-bond donors (Lipinski definition) is 1. The molecular weight excluding hydrogens is 340 g/mol. The van der Waals surface area contributed by atoms with Gasteiger partial charge in [0, 0.05) is 19.7 Å². The van der Waals surface area contributed by atoms with Crippen molar-refractivity contribution in [3.8, 4) is 11.4 Å². The van der Waals surface area contributed by atoms with Gasteiger partial charge in [0.15, 0.2) is 0 Å². The predicted molar refractivity (Wildman–Crippen MR) is 105 cm³/mol. The lowest BCUT2D eigenvalue weighted by atomic mass is 10.1. The van der Waals surface area contributed by atoms with E-state index in [1.54, 1.807) is 4.80 Å². The largest absolute Gasteiger partial charge is 0.490 e. The van der Waals surface area contributed by atoms with Crippen LogP contribution in [0.4, 0.5) is 0 Å². The lowest BCUT2D eigenvalue weighted by Crippen LogP contribution is -2.15. The lowest BCUT2D eigenvalue weighted by molar-refractivity contribution is 0.285. The number of aliphatic hydroxyl groups is 1. The van der Waals surface area contributed by atoms with Crippen LogP contribution >= 0.6 is 0 Å². The summed E-state index contributed by atoms with van der Waals surface area (Å²) >= 11 is 0. The summed E-state index contributed by atoms with van der Waals surface area (Å²) in [6.45, 7) is 7.47. The summed E-state index contributed by atoms with van der Waals surface area (Å²) < 4.78 is 6.15. The number of rotatable bonds is 8. The van der Waals surface area contributed by atoms with Crippen LogP contribution in [0, 0.1) is 5.92 Å². The summed E-state index contributed by atoms with van der Waals surface area (Å²) in [5, 5.41) is 18.5. The van der Waals surface area contributed by atoms with Gasteiger partial charge in [-0.1, -0.05) is 32.0 Å². The van der Waals surface area contributed by atoms with Gasteiger partial charge in [-0.3, -0.25) is 4.90 Å². The molecule has 2 aromatic carbocycles. The Hall–Kier alpha value is -2.44. The van der Waals surface area contributed by atoms with Crippen molar-refractivity contribution in [2.24, 2.45) is 5.92 Å². The van der Waals surface area contributed by atoms with Crippen molar-refractivity contribution >= 4 is 11.0 Å². The van der Waals surface area contributed by atoms with Crippen LogP contribution in [0.2, 0.25) is 0 Å². The molecule has 6 nitrogen and oxygen atoms in total. The number of benzene rings is 2. The van der Waals surface area contributed by atoms with E-state index < -0.39 is 0 Å². The Balaban J connectivity index is 1.57. The Kier molecular flexibility index (Phi) is 5.09. The number of hydrogen-bond acceptors (Lipinski definition) is 5. The zero-order valence-electron chi connectivity index (χ0n) is 15.9. The monoisotopic (exact) mass is 366 g/mol. The molecule has 1 fully saturated rings. The molecule has 0 amide bonds. The molecule has 2 atom stereocenters. The number of nitrogens with zero attached hydrogens (tertiary/aromatic N) is 4. The van der Waals surface area contributed by atoms with Gasteiger partial charge in [0.25, 0.3) is 0 Å². The first-order valence-corrected chi connectivity index (χ1v) is 9.57. The van der Waals surface area contributed by atoms with Gasteiger partial charge in [-0.05, 0) is 42.2 Å². The van der Waals surface area contributed by atoms with E-state index in [0.29, 0.717) is 25.0 Å². The lowest BCUT2D eigenvalue weighted by Gasteiger charge is -2.13. The van der Waals surface area contributed by atoms with Gasteiger partial charge < -0.3 is 9.84 Å². The zero-order chi connectivity index (χ0) is 18.8. The molecule has 3 aromatic rings. The first-order chi connectivity index (χ1) is 13.1. The fraction of sp³-hybridized carbons (Fsp3) is 0.429. The quantitative estimate of drug-likeness (QED) is 0.621. The van der Waals surface area contributed by atoms with Gasteiger partial charge in [0.05, 0.1) is 6.04 Å². The van der Waals surface area contributed by atoms with Crippen molar-refractivity contribution in [2.45, 2.75) is 26.3 Å². The van der Waals surface area contributed by atoms with Crippen LogP contribution in [0.1, 0.15) is 19.4 Å². The summed E-state index contributed by atoms with van der Waals surface area (Å²) in [6, 6.07) is 14.3. The molecule has 27 heavy (non-hydrogen) atoms. The van der Waals surface area contributed by atoms with E-state index in [-0.39, 0.29) is 6.61 Å². The third-order valence-electron chi connectivity index (χ3n) is 4.78. The van der Waals surface area contributed by atoms with Crippen molar-refractivity contribution in [3.63, 3.8) is 0 Å². The minimum atomic E-state index is 0.111. The van der Waals surface area contributed by atoms with Crippen molar-refractivity contribution in [3.05, 3.63) is 48.0 Å². The first kappa shape index (κ1) is 17.9. The van der Waals surface area contributed by atoms with E-state index in [1.165, 1.54) is 0 Å². The van der Waals surface area contributed by atoms with Crippen LogP contribution < -0.4 is 4.74 Å². The summed E-state index contributed by atoms with van der Waals surface area (Å²) in [6.07, 6.45) is 0.596. The van der Waals surface area contributed by atoms with Crippen LogP contribution in [0.3, 0.4) is 0 Å². The minimum absolute atomic E-state index is 0.111. The Morgan fingerprint density at radius 2 is 1.89 bits per heavy atom. The van der Waals surface area contributed by atoms with Gasteiger partial charge in [-0.25, -0.2) is 0 Å². The van der Waals surface area contributed by atoms with Crippen LogP contribution in [0.25, 0.3) is 16.7 Å². The van der Waals surface area contributed by atoms with Crippen molar-refractivity contribution < 1.29 is 9.84 Å². The highest BCUT2D eigenvalue weighted by Gasteiger charge is 2.34. The van der Waals surface area contributed by atoms with Gasteiger partial charge >= 0.3 is 0 Å². The highest BCUT2D eigenvalue weighted by atomic mass is 16.5. The Morgan fingerprint density at radius 1 is 1.15 bits per heavy atom. The summed E-state index contributed by atoms with van der Waals surface area (Å²) in [4.78, 5) is 4.07. The molecule has 2 unspecified atom stereocenters. The SMILES string of the molecule is CC(C)CN1CC1COc1ccc(CCO)cc1-n1nc2ccccc2n1. The third kappa shape index (κ3) is 4.12. The molecule has 0 spiro atoms. The number of aromatic nitrogens is 3. The molecule has 1 aromatic heterocycles. The van der Waals surface area contributed by atoms with Crippen molar-refractivity contribution in [2.75, 3.05) is 26.3 Å². The van der Waals surface area contributed by atoms with E-state index in [2.05, 4.69) is 28.9 Å². The molecule has 0 aliphatic carbocycles. The van der Waals surface area contributed by atoms with Crippen molar-refractivity contribution in [1.29, 1.82) is 0 Å². The molecule has 4 rings (SSSR count). The molecule has 0 saturated carbocycles. The summed E-state index contributed by atoms with van der Waals surface area (Å²) in [5.41, 5.74) is 3.55. The van der Waals surface area contributed by atoms with Crippen LogP contribution in [-0.2, 0) is 6.42 Å². The average Bonchev–Trinajstić information content (AvgIpc) is 3.23. The maximum atomic E-state index is 9.28. The predicted octanol–water partition coefficient (Wildman–Crippen LogP) is 2.67. The second-order valence-corrected chi connectivity index (χ2v) is 7.57. The Bertz CT molecular complexity index is 888. The van der Waals surface area contributed by atoms with E-state index in [0.717, 1.165) is 41.1 Å². The molecule has 2 heterocycles. The Labute approximate surface area is 159 Å². The van der Waals surface area contributed by atoms with Gasteiger partial charge in [0.2, 0.25) is 0 Å². The maximum Gasteiger partial charge on any atom is 0.146 e.